The third kappa shape index (κ3) is 1.40. The number of aliphatic hydroxyl groups excluding tert-OH is 1. The van der Waals surface area contributed by atoms with E-state index >= 15 is 0 Å². The van der Waals surface area contributed by atoms with E-state index in [2.05, 4.69) is 5.32 Å². The lowest BCUT2D eigenvalue weighted by atomic mass is 9.69. The standard InChI is InChI=1S/C11H15NO3/c1-5-3-7(4-13)9-8(6(5)2)10(14)12-11(9)15/h3,6-9,13H,4H2,1-2H3,(H,12,14,15). The molecule has 1 heterocycles. The first kappa shape index (κ1) is 10.4. The van der Waals surface area contributed by atoms with Crippen molar-refractivity contribution in [3.8, 4) is 0 Å². The van der Waals surface area contributed by atoms with Crippen LogP contribution in [0.4, 0.5) is 0 Å². The monoisotopic (exact) mass is 209 g/mol. The third-order valence-corrected chi connectivity index (χ3v) is 3.64. The molecule has 1 aliphatic carbocycles. The second-order valence-electron chi connectivity index (χ2n) is 4.45. The average molecular weight is 209 g/mol. The van der Waals surface area contributed by atoms with Crippen molar-refractivity contribution in [3.05, 3.63) is 11.6 Å². The van der Waals surface area contributed by atoms with Crippen LogP contribution in [0, 0.1) is 23.7 Å². The van der Waals surface area contributed by atoms with Crippen LogP contribution in [0.2, 0.25) is 0 Å². The van der Waals surface area contributed by atoms with Crippen LogP contribution < -0.4 is 5.32 Å². The van der Waals surface area contributed by atoms with Crippen molar-refractivity contribution in [2.24, 2.45) is 23.7 Å². The second kappa shape index (κ2) is 3.45. The van der Waals surface area contributed by atoms with E-state index < -0.39 is 0 Å². The summed E-state index contributed by atoms with van der Waals surface area (Å²) in [6.45, 7) is 3.82. The van der Waals surface area contributed by atoms with E-state index in [4.69, 9.17) is 0 Å². The van der Waals surface area contributed by atoms with Crippen LogP contribution >= 0.6 is 0 Å². The minimum absolute atomic E-state index is 0.0775. The van der Waals surface area contributed by atoms with Crippen LogP contribution in [0.3, 0.4) is 0 Å². The van der Waals surface area contributed by atoms with Crippen LogP contribution in [0.1, 0.15) is 13.8 Å². The molecular weight excluding hydrogens is 194 g/mol. The number of carbonyl (C=O) groups is 2. The van der Waals surface area contributed by atoms with E-state index in [0.29, 0.717) is 0 Å². The topological polar surface area (TPSA) is 66.4 Å². The van der Waals surface area contributed by atoms with E-state index in [-0.39, 0.29) is 42.1 Å². The Bertz CT molecular complexity index is 348. The Hall–Kier alpha value is -1.16. The number of rotatable bonds is 1. The first-order chi connectivity index (χ1) is 7.06. The molecule has 0 saturated carbocycles. The predicted octanol–water partition coefficient (Wildman–Crippen LogP) is 0.0797. The van der Waals surface area contributed by atoms with Crippen molar-refractivity contribution in [1.29, 1.82) is 0 Å². The molecule has 0 spiro atoms. The van der Waals surface area contributed by atoms with E-state index in [9.17, 15) is 14.7 Å². The van der Waals surface area contributed by atoms with E-state index in [1.807, 2.05) is 19.9 Å². The summed E-state index contributed by atoms with van der Waals surface area (Å²) < 4.78 is 0. The van der Waals surface area contributed by atoms with Crippen LogP contribution in [0.25, 0.3) is 0 Å². The second-order valence-corrected chi connectivity index (χ2v) is 4.45. The smallest absolute Gasteiger partial charge is 0.231 e. The number of aliphatic hydroxyl groups is 1. The summed E-state index contributed by atoms with van der Waals surface area (Å²) in [5.41, 5.74) is 1.08. The van der Waals surface area contributed by atoms with Gasteiger partial charge in [-0.15, -0.1) is 0 Å². The molecule has 0 radical (unpaired) electrons. The Morgan fingerprint density at radius 2 is 1.93 bits per heavy atom. The summed E-state index contributed by atoms with van der Waals surface area (Å²) in [5, 5.41) is 11.6. The Morgan fingerprint density at radius 3 is 2.53 bits per heavy atom. The van der Waals surface area contributed by atoms with Gasteiger partial charge < -0.3 is 5.11 Å². The molecule has 4 nitrogen and oxygen atoms in total. The maximum atomic E-state index is 11.6. The number of imide groups is 1. The molecule has 0 bridgehead atoms. The van der Waals surface area contributed by atoms with Crippen molar-refractivity contribution >= 4 is 11.8 Å². The minimum Gasteiger partial charge on any atom is -0.396 e. The molecule has 2 rings (SSSR count). The Labute approximate surface area is 88.4 Å². The zero-order valence-electron chi connectivity index (χ0n) is 8.86. The molecule has 1 saturated heterocycles. The van der Waals surface area contributed by atoms with Gasteiger partial charge in [0.05, 0.1) is 18.4 Å². The van der Waals surface area contributed by atoms with Crippen LogP contribution in [-0.4, -0.2) is 23.5 Å². The molecule has 0 aromatic rings. The lowest BCUT2D eigenvalue weighted by Gasteiger charge is -2.32. The van der Waals surface area contributed by atoms with Crippen molar-refractivity contribution in [2.45, 2.75) is 13.8 Å². The Balaban J connectivity index is 2.41. The highest BCUT2D eigenvalue weighted by Gasteiger charge is 2.50. The number of hydrogen-bond donors (Lipinski definition) is 2. The van der Waals surface area contributed by atoms with Gasteiger partial charge in [-0.1, -0.05) is 18.6 Å². The molecule has 4 atom stereocenters. The molecule has 4 unspecified atom stereocenters. The van der Waals surface area contributed by atoms with E-state index in [1.165, 1.54) is 0 Å². The van der Waals surface area contributed by atoms with Gasteiger partial charge in [-0.3, -0.25) is 14.9 Å². The first-order valence-corrected chi connectivity index (χ1v) is 5.20. The number of carbonyl (C=O) groups excluding carboxylic acids is 2. The summed E-state index contributed by atoms with van der Waals surface area (Å²) in [6.07, 6.45) is 1.92. The third-order valence-electron chi connectivity index (χ3n) is 3.64. The number of fused-ring (bicyclic) bond motifs is 1. The van der Waals surface area contributed by atoms with Gasteiger partial charge in [0.2, 0.25) is 11.8 Å². The van der Waals surface area contributed by atoms with Gasteiger partial charge in [0.25, 0.3) is 0 Å². The molecule has 2 amide bonds. The quantitative estimate of drug-likeness (QED) is 0.475. The molecule has 2 aliphatic rings. The molecule has 82 valence electrons. The van der Waals surface area contributed by atoms with Crippen molar-refractivity contribution in [1.82, 2.24) is 5.32 Å². The van der Waals surface area contributed by atoms with Gasteiger partial charge in [-0.2, -0.15) is 0 Å². The van der Waals surface area contributed by atoms with Gasteiger partial charge in [-0.05, 0) is 12.8 Å². The fraction of sp³-hybridized carbons (Fsp3) is 0.636. The fourth-order valence-corrected chi connectivity index (χ4v) is 2.66. The van der Waals surface area contributed by atoms with Crippen molar-refractivity contribution in [3.63, 3.8) is 0 Å². The Kier molecular flexibility index (Phi) is 2.38. The van der Waals surface area contributed by atoms with Gasteiger partial charge in [0.15, 0.2) is 0 Å². The maximum absolute atomic E-state index is 11.6. The lowest BCUT2D eigenvalue weighted by molar-refractivity contribution is -0.126. The maximum Gasteiger partial charge on any atom is 0.231 e. The van der Waals surface area contributed by atoms with Crippen LogP contribution in [0.15, 0.2) is 11.6 Å². The SMILES string of the molecule is CC1=CC(CO)C2C(=O)NC(=O)C2C1C. The molecule has 15 heavy (non-hydrogen) atoms. The summed E-state index contributed by atoms with van der Waals surface area (Å²) in [5.74, 6) is -1.22. The molecule has 0 aromatic carbocycles. The molecule has 1 aliphatic heterocycles. The lowest BCUT2D eigenvalue weighted by Crippen LogP contribution is -2.36. The van der Waals surface area contributed by atoms with Crippen molar-refractivity contribution in [2.75, 3.05) is 6.61 Å². The number of allylic oxidation sites excluding steroid dienone is 1. The molecule has 4 heteroatoms. The largest absolute Gasteiger partial charge is 0.396 e. The predicted molar refractivity (Wildman–Crippen MR) is 53.6 cm³/mol. The highest BCUT2D eigenvalue weighted by molar-refractivity contribution is 6.05. The van der Waals surface area contributed by atoms with E-state index in [1.54, 1.807) is 0 Å². The van der Waals surface area contributed by atoms with Crippen molar-refractivity contribution < 1.29 is 14.7 Å². The normalized spacial score (nSPS) is 39.8. The Morgan fingerprint density at radius 1 is 1.33 bits per heavy atom. The highest BCUT2D eigenvalue weighted by Crippen LogP contribution is 2.40. The number of amides is 2. The molecule has 2 N–H and O–H groups in total. The summed E-state index contributed by atoms with van der Waals surface area (Å²) in [4.78, 5) is 23.2. The summed E-state index contributed by atoms with van der Waals surface area (Å²) >= 11 is 0. The number of hydrogen-bond acceptors (Lipinski definition) is 3. The summed E-state index contributed by atoms with van der Waals surface area (Å²) in [6, 6.07) is 0. The summed E-state index contributed by atoms with van der Waals surface area (Å²) in [7, 11) is 0. The zero-order valence-corrected chi connectivity index (χ0v) is 8.86. The average Bonchev–Trinajstić information content (AvgIpc) is 2.48. The van der Waals surface area contributed by atoms with Gasteiger partial charge in [0.1, 0.15) is 0 Å². The van der Waals surface area contributed by atoms with Gasteiger partial charge in [-0.25, -0.2) is 0 Å². The zero-order chi connectivity index (χ0) is 11.2. The van der Waals surface area contributed by atoms with Crippen LogP contribution in [-0.2, 0) is 9.59 Å². The minimum atomic E-state index is -0.374. The van der Waals surface area contributed by atoms with E-state index in [0.717, 1.165) is 5.57 Å². The number of nitrogens with one attached hydrogen (secondary N) is 1. The fourth-order valence-electron chi connectivity index (χ4n) is 2.66. The molecule has 1 fully saturated rings. The van der Waals surface area contributed by atoms with Gasteiger partial charge in [0, 0.05) is 5.92 Å². The highest BCUT2D eigenvalue weighted by atomic mass is 16.3. The first-order valence-electron chi connectivity index (χ1n) is 5.20. The molecular formula is C11H15NO3. The van der Waals surface area contributed by atoms with Gasteiger partial charge >= 0.3 is 0 Å². The molecule has 0 aromatic heterocycles. The van der Waals surface area contributed by atoms with Crippen LogP contribution in [0.5, 0.6) is 0 Å².